The highest BCUT2D eigenvalue weighted by Crippen LogP contribution is 2.30. The first-order valence-electron chi connectivity index (χ1n) is 8.81. The predicted molar refractivity (Wildman–Crippen MR) is 104 cm³/mol. The van der Waals surface area contributed by atoms with Crippen LogP contribution in [0.15, 0.2) is 12.1 Å². The number of aryl methyl sites for hydroxylation is 1. The maximum atomic E-state index is 13.0. The second-order valence-corrected chi connectivity index (χ2v) is 7.49. The number of hydrogen-bond donors (Lipinski definition) is 2. The standard InChI is InChI=1S/C19H23ClN4O3/c1-10-9-21-5-6-24(10)18(26)12-7-13-15(8-14(12)20)22-11(2)16(13)17(25)19(27)23(3)4/h7-8,10,21-22H,5-6,9H2,1-4H3. The Morgan fingerprint density at radius 1 is 1.26 bits per heavy atom. The first-order chi connectivity index (χ1) is 12.7. The van der Waals surface area contributed by atoms with Crippen molar-refractivity contribution in [3.8, 4) is 0 Å². The van der Waals surface area contributed by atoms with E-state index in [-0.39, 0.29) is 17.5 Å². The topological polar surface area (TPSA) is 85.5 Å². The predicted octanol–water partition coefficient (Wildman–Crippen LogP) is 1.83. The molecule has 2 amide bonds. The summed E-state index contributed by atoms with van der Waals surface area (Å²) >= 11 is 6.38. The molecule has 2 N–H and O–H groups in total. The number of amides is 2. The lowest BCUT2D eigenvalue weighted by molar-refractivity contribution is -0.124. The third kappa shape index (κ3) is 3.44. The van der Waals surface area contributed by atoms with Crippen molar-refractivity contribution in [1.82, 2.24) is 20.1 Å². The van der Waals surface area contributed by atoms with Crippen molar-refractivity contribution < 1.29 is 14.4 Å². The van der Waals surface area contributed by atoms with Crippen LogP contribution in [0.2, 0.25) is 5.02 Å². The Morgan fingerprint density at radius 3 is 2.59 bits per heavy atom. The lowest BCUT2D eigenvalue weighted by Crippen LogP contribution is -2.52. The Hall–Kier alpha value is -2.38. The van der Waals surface area contributed by atoms with Gasteiger partial charge < -0.3 is 20.1 Å². The molecule has 1 aliphatic heterocycles. The minimum Gasteiger partial charge on any atom is -0.358 e. The van der Waals surface area contributed by atoms with E-state index in [2.05, 4.69) is 10.3 Å². The molecule has 1 aromatic heterocycles. The van der Waals surface area contributed by atoms with Crippen molar-refractivity contribution >= 4 is 40.1 Å². The van der Waals surface area contributed by atoms with E-state index in [1.807, 2.05) is 6.92 Å². The van der Waals surface area contributed by atoms with E-state index in [1.165, 1.54) is 19.0 Å². The van der Waals surface area contributed by atoms with E-state index < -0.39 is 11.7 Å². The molecular formula is C19H23ClN4O3. The summed E-state index contributed by atoms with van der Waals surface area (Å²) in [6, 6.07) is 3.30. The number of carbonyl (C=O) groups is 3. The molecule has 0 bridgehead atoms. The van der Waals surface area contributed by atoms with Gasteiger partial charge in [-0.25, -0.2) is 0 Å². The molecule has 1 fully saturated rings. The van der Waals surface area contributed by atoms with Gasteiger partial charge in [0.05, 0.1) is 16.1 Å². The molecule has 1 aromatic carbocycles. The van der Waals surface area contributed by atoms with Gasteiger partial charge >= 0.3 is 0 Å². The average Bonchev–Trinajstić information content (AvgIpc) is 2.94. The summed E-state index contributed by atoms with van der Waals surface area (Å²) in [5.41, 5.74) is 1.81. The fourth-order valence-electron chi connectivity index (χ4n) is 3.41. The molecule has 0 aliphatic carbocycles. The largest absolute Gasteiger partial charge is 0.358 e. The Balaban J connectivity index is 2.09. The maximum Gasteiger partial charge on any atom is 0.294 e. The summed E-state index contributed by atoms with van der Waals surface area (Å²) < 4.78 is 0. The molecular weight excluding hydrogens is 368 g/mol. The number of aromatic amines is 1. The Bertz CT molecular complexity index is 935. The SMILES string of the molecule is Cc1[nH]c2cc(Cl)c(C(=O)N3CCNCC3C)cc2c1C(=O)C(=O)N(C)C. The molecule has 1 saturated heterocycles. The van der Waals surface area contributed by atoms with Crippen LogP contribution in [0.3, 0.4) is 0 Å². The second-order valence-electron chi connectivity index (χ2n) is 7.08. The fraction of sp³-hybridized carbons (Fsp3) is 0.421. The molecule has 144 valence electrons. The van der Waals surface area contributed by atoms with Crippen LogP contribution in [0.1, 0.15) is 33.3 Å². The van der Waals surface area contributed by atoms with E-state index in [0.29, 0.717) is 33.7 Å². The van der Waals surface area contributed by atoms with Gasteiger partial charge in [0.1, 0.15) is 0 Å². The molecule has 27 heavy (non-hydrogen) atoms. The van der Waals surface area contributed by atoms with Gasteiger partial charge in [0, 0.05) is 56.4 Å². The zero-order valence-corrected chi connectivity index (χ0v) is 16.6. The van der Waals surface area contributed by atoms with E-state index in [4.69, 9.17) is 11.6 Å². The molecule has 0 radical (unpaired) electrons. The number of likely N-dealkylation sites (N-methyl/N-ethyl adjacent to an activating group) is 1. The van der Waals surface area contributed by atoms with Crippen LogP contribution < -0.4 is 5.32 Å². The zero-order valence-electron chi connectivity index (χ0n) is 15.9. The maximum absolute atomic E-state index is 13.0. The Labute approximate surface area is 162 Å². The first-order valence-corrected chi connectivity index (χ1v) is 9.19. The van der Waals surface area contributed by atoms with Crippen molar-refractivity contribution in [2.45, 2.75) is 19.9 Å². The van der Waals surface area contributed by atoms with Crippen molar-refractivity contribution in [2.75, 3.05) is 33.7 Å². The van der Waals surface area contributed by atoms with Crippen molar-refractivity contribution in [3.63, 3.8) is 0 Å². The van der Waals surface area contributed by atoms with E-state index in [9.17, 15) is 14.4 Å². The van der Waals surface area contributed by atoms with Crippen LogP contribution in [-0.2, 0) is 4.79 Å². The van der Waals surface area contributed by atoms with Gasteiger partial charge in [-0.05, 0) is 26.0 Å². The number of aromatic nitrogens is 1. The molecule has 1 aliphatic rings. The number of Topliss-reactive ketones (excluding diaryl/α,β-unsaturated/α-hetero) is 1. The van der Waals surface area contributed by atoms with Crippen LogP contribution in [0.25, 0.3) is 10.9 Å². The van der Waals surface area contributed by atoms with Crippen molar-refractivity contribution in [1.29, 1.82) is 0 Å². The highest BCUT2D eigenvalue weighted by atomic mass is 35.5. The average molecular weight is 391 g/mol. The highest BCUT2D eigenvalue weighted by molar-refractivity contribution is 6.45. The van der Waals surface area contributed by atoms with Gasteiger partial charge in [0.2, 0.25) is 0 Å². The van der Waals surface area contributed by atoms with Gasteiger partial charge in [-0.15, -0.1) is 0 Å². The summed E-state index contributed by atoms with van der Waals surface area (Å²) in [4.78, 5) is 44.0. The number of hydrogen-bond acceptors (Lipinski definition) is 4. The summed E-state index contributed by atoms with van der Waals surface area (Å²) in [7, 11) is 3.06. The third-order valence-electron chi connectivity index (χ3n) is 4.89. The Kier molecular flexibility index (Phi) is 5.26. The van der Waals surface area contributed by atoms with E-state index in [1.54, 1.807) is 24.0 Å². The second kappa shape index (κ2) is 7.32. The molecule has 1 atom stereocenters. The summed E-state index contributed by atoms with van der Waals surface area (Å²) in [6.45, 7) is 5.73. The monoisotopic (exact) mass is 390 g/mol. The van der Waals surface area contributed by atoms with Crippen LogP contribution >= 0.6 is 11.6 Å². The minimum absolute atomic E-state index is 0.0439. The number of nitrogens with one attached hydrogen (secondary N) is 2. The molecule has 7 nitrogen and oxygen atoms in total. The molecule has 2 heterocycles. The molecule has 0 spiro atoms. The number of benzene rings is 1. The number of ketones is 1. The Morgan fingerprint density at radius 2 is 1.96 bits per heavy atom. The molecule has 3 rings (SSSR count). The first kappa shape index (κ1) is 19.4. The normalized spacial score (nSPS) is 17.2. The lowest BCUT2D eigenvalue weighted by atomic mass is 10.0. The molecule has 1 unspecified atom stereocenters. The highest BCUT2D eigenvalue weighted by Gasteiger charge is 2.28. The number of carbonyl (C=O) groups excluding carboxylic acids is 3. The van der Waals surface area contributed by atoms with Gasteiger partial charge in [0.15, 0.2) is 0 Å². The zero-order chi connectivity index (χ0) is 19.9. The van der Waals surface area contributed by atoms with Gasteiger partial charge in [-0.2, -0.15) is 0 Å². The smallest absolute Gasteiger partial charge is 0.294 e. The number of fused-ring (bicyclic) bond motifs is 1. The summed E-state index contributed by atoms with van der Waals surface area (Å²) in [5, 5.41) is 4.09. The van der Waals surface area contributed by atoms with Crippen molar-refractivity contribution in [2.24, 2.45) is 0 Å². The molecule has 8 heteroatoms. The summed E-state index contributed by atoms with van der Waals surface area (Å²) in [6.07, 6.45) is 0. The quantitative estimate of drug-likeness (QED) is 0.618. The van der Waals surface area contributed by atoms with Crippen LogP contribution in [0.4, 0.5) is 0 Å². The van der Waals surface area contributed by atoms with Crippen LogP contribution in [0, 0.1) is 6.92 Å². The van der Waals surface area contributed by atoms with Gasteiger partial charge in [-0.3, -0.25) is 14.4 Å². The summed E-state index contributed by atoms with van der Waals surface area (Å²) in [5.74, 6) is -1.40. The number of halogens is 1. The molecule has 0 saturated carbocycles. The third-order valence-corrected chi connectivity index (χ3v) is 5.21. The van der Waals surface area contributed by atoms with Gasteiger partial charge in [-0.1, -0.05) is 11.6 Å². The van der Waals surface area contributed by atoms with Crippen LogP contribution in [-0.4, -0.2) is 72.2 Å². The van der Waals surface area contributed by atoms with Crippen LogP contribution in [0.5, 0.6) is 0 Å². The molecule has 2 aromatic rings. The van der Waals surface area contributed by atoms with E-state index >= 15 is 0 Å². The lowest BCUT2D eigenvalue weighted by Gasteiger charge is -2.34. The fourth-order valence-corrected chi connectivity index (χ4v) is 3.66. The number of rotatable bonds is 3. The number of piperazine rings is 1. The number of nitrogens with zero attached hydrogens (tertiary/aromatic N) is 2. The van der Waals surface area contributed by atoms with E-state index in [0.717, 1.165) is 13.1 Å². The van der Waals surface area contributed by atoms with Gasteiger partial charge in [0.25, 0.3) is 17.6 Å². The van der Waals surface area contributed by atoms with Crippen molar-refractivity contribution in [3.05, 3.63) is 34.0 Å². The number of H-pyrrole nitrogens is 1. The minimum atomic E-state index is -0.613.